The van der Waals surface area contributed by atoms with Gasteiger partial charge >= 0.3 is 0 Å². The highest BCUT2D eigenvalue weighted by molar-refractivity contribution is 7.99. The first kappa shape index (κ1) is 24.9. The summed E-state index contributed by atoms with van der Waals surface area (Å²) < 4.78 is 0. The number of nitrogens with one attached hydrogen (secondary N) is 1. The van der Waals surface area contributed by atoms with Gasteiger partial charge in [0.1, 0.15) is 6.04 Å². The van der Waals surface area contributed by atoms with Crippen LogP contribution in [0.3, 0.4) is 0 Å². The number of carbonyl (C=O) groups excluding carboxylic acids is 2. The molecule has 0 aliphatic heterocycles. The van der Waals surface area contributed by atoms with Crippen LogP contribution in [0.15, 0.2) is 42.5 Å². The summed E-state index contributed by atoms with van der Waals surface area (Å²) in [6.45, 7) is 4.02. The Hall–Kier alpha value is -1.69. The topological polar surface area (TPSA) is 49.4 Å². The summed E-state index contributed by atoms with van der Waals surface area (Å²) in [6.07, 6.45) is 4.25. The van der Waals surface area contributed by atoms with Crippen LogP contribution in [0, 0.1) is 6.92 Å². The number of hydrogen-bond acceptors (Lipinski definition) is 3. The number of nitrogens with zero attached hydrogens (tertiary/aromatic N) is 1. The molecule has 1 aliphatic rings. The van der Waals surface area contributed by atoms with Crippen molar-refractivity contribution in [1.29, 1.82) is 0 Å². The van der Waals surface area contributed by atoms with E-state index in [9.17, 15) is 9.59 Å². The minimum Gasteiger partial charge on any atom is -0.352 e. The van der Waals surface area contributed by atoms with Gasteiger partial charge in [0.2, 0.25) is 11.8 Å². The zero-order valence-corrected chi connectivity index (χ0v) is 20.9. The summed E-state index contributed by atoms with van der Waals surface area (Å²) in [7, 11) is 0. The molecule has 0 unspecified atom stereocenters. The van der Waals surface area contributed by atoms with Crippen LogP contribution in [-0.4, -0.2) is 34.6 Å². The molecular formula is C25H30Cl2N2O2S. The minimum atomic E-state index is -0.615. The molecule has 32 heavy (non-hydrogen) atoms. The predicted octanol–water partition coefficient (Wildman–Crippen LogP) is 6.01. The monoisotopic (exact) mass is 492 g/mol. The molecule has 0 radical (unpaired) electrons. The van der Waals surface area contributed by atoms with Crippen LogP contribution in [0.4, 0.5) is 0 Å². The predicted molar refractivity (Wildman–Crippen MR) is 134 cm³/mol. The Bertz CT molecular complexity index is 910. The van der Waals surface area contributed by atoms with Gasteiger partial charge in [0.15, 0.2) is 0 Å². The molecule has 0 aromatic heterocycles. The third kappa shape index (κ3) is 6.90. The molecule has 7 heteroatoms. The fraction of sp³-hybridized carbons (Fsp3) is 0.440. The molecule has 3 rings (SSSR count). The van der Waals surface area contributed by atoms with E-state index in [0.717, 1.165) is 31.4 Å². The molecule has 0 saturated heterocycles. The first-order valence-electron chi connectivity index (χ1n) is 11.0. The quantitative estimate of drug-likeness (QED) is 0.466. The normalized spacial score (nSPS) is 14.9. The van der Waals surface area contributed by atoms with Gasteiger partial charge in [0.05, 0.1) is 5.75 Å². The van der Waals surface area contributed by atoms with Crippen LogP contribution >= 0.6 is 35.0 Å². The van der Waals surface area contributed by atoms with E-state index >= 15 is 0 Å². The summed E-state index contributed by atoms with van der Waals surface area (Å²) >= 11 is 14.3. The summed E-state index contributed by atoms with van der Waals surface area (Å²) in [4.78, 5) is 27.8. The highest BCUT2D eigenvalue weighted by Gasteiger charge is 2.29. The molecule has 1 atom stereocenters. The molecule has 172 valence electrons. The molecular weight excluding hydrogens is 463 g/mol. The van der Waals surface area contributed by atoms with Crippen molar-refractivity contribution in [2.45, 2.75) is 63.9 Å². The van der Waals surface area contributed by atoms with Crippen molar-refractivity contribution in [2.24, 2.45) is 0 Å². The van der Waals surface area contributed by atoms with Crippen LogP contribution in [0.2, 0.25) is 10.0 Å². The average molecular weight is 494 g/mol. The van der Waals surface area contributed by atoms with Crippen molar-refractivity contribution < 1.29 is 9.59 Å². The molecule has 2 aromatic rings. The summed E-state index contributed by atoms with van der Waals surface area (Å²) in [5, 5.41) is 4.09. The number of aryl methyl sites for hydroxylation is 1. The first-order chi connectivity index (χ1) is 15.3. The number of hydrogen-bond donors (Lipinski definition) is 1. The fourth-order valence-corrected chi connectivity index (χ4v) is 5.24. The Morgan fingerprint density at radius 2 is 1.72 bits per heavy atom. The van der Waals surface area contributed by atoms with E-state index in [4.69, 9.17) is 23.2 Å². The van der Waals surface area contributed by atoms with Gasteiger partial charge in [-0.2, -0.15) is 0 Å². The third-order valence-electron chi connectivity index (χ3n) is 5.87. The second-order valence-corrected chi connectivity index (χ2v) is 10.2. The van der Waals surface area contributed by atoms with Gasteiger partial charge in [0, 0.05) is 33.9 Å². The molecule has 0 bridgehead atoms. The van der Waals surface area contributed by atoms with Crippen LogP contribution in [0.25, 0.3) is 0 Å². The van der Waals surface area contributed by atoms with Gasteiger partial charge in [-0.05, 0) is 44.4 Å². The lowest BCUT2D eigenvalue weighted by molar-refractivity contribution is -0.138. The van der Waals surface area contributed by atoms with E-state index in [1.807, 2.05) is 0 Å². The van der Waals surface area contributed by atoms with E-state index in [1.54, 1.807) is 41.8 Å². The largest absolute Gasteiger partial charge is 0.352 e. The number of thioether (sulfide) groups is 1. The minimum absolute atomic E-state index is 0.104. The average Bonchev–Trinajstić information content (AvgIpc) is 3.27. The Balaban J connectivity index is 1.70. The second-order valence-electron chi connectivity index (χ2n) is 8.37. The first-order valence-corrected chi connectivity index (χ1v) is 12.9. The molecule has 0 spiro atoms. The molecule has 4 nitrogen and oxygen atoms in total. The van der Waals surface area contributed by atoms with Crippen LogP contribution < -0.4 is 5.32 Å². The Kier molecular flexibility index (Phi) is 9.33. The van der Waals surface area contributed by atoms with E-state index in [2.05, 4.69) is 36.5 Å². The van der Waals surface area contributed by atoms with E-state index in [1.165, 1.54) is 11.1 Å². The lowest BCUT2D eigenvalue weighted by atomic mass is 10.1. The Labute approximate surface area is 205 Å². The van der Waals surface area contributed by atoms with Gasteiger partial charge < -0.3 is 10.2 Å². The van der Waals surface area contributed by atoms with Crippen LogP contribution in [0.5, 0.6) is 0 Å². The summed E-state index contributed by atoms with van der Waals surface area (Å²) in [6, 6.07) is 13.1. The summed E-state index contributed by atoms with van der Waals surface area (Å²) in [5.74, 6) is 0.774. The maximum Gasteiger partial charge on any atom is 0.242 e. The van der Waals surface area contributed by atoms with E-state index in [0.29, 0.717) is 15.6 Å². The fourth-order valence-electron chi connectivity index (χ4n) is 3.85. The number of benzene rings is 2. The van der Waals surface area contributed by atoms with Crippen molar-refractivity contribution >= 4 is 46.8 Å². The van der Waals surface area contributed by atoms with Crippen LogP contribution in [0.1, 0.15) is 49.3 Å². The van der Waals surface area contributed by atoms with Gasteiger partial charge in [0.25, 0.3) is 0 Å². The highest BCUT2D eigenvalue weighted by atomic mass is 35.5. The van der Waals surface area contributed by atoms with Crippen molar-refractivity contribution in [1.82, 2.24) is 10.2 Å². The summed E-state index contributed by atoms with van der Waals surface area (Å²) in [5.41, 5.74) is 3.04. The zero-order valence-electron chi connectivity index (χ0n) is 18.6. The third-order valence-corrected chi connectivity index (χ3v) is 7.57. The van der Waals surface area contributed by atoms with Crippen LogP contribution in [-0.2, 0) is 21.9 Å². The lowest BCUT2D eigenvalue weighted by Gasteiger charge is -2.30. The molecule has 1 fully saturated rings. The molecule has 1 N–H and O–H groups in total. The lowest BCUT2D eigenvalue weighted by Crippen LogP contribution is -2.50. The molecule has 0 heterocycles. The number of carbonyl (C=O) groups is 2. The Morgan fingerprint density at radius 3 is 2.34 bits per heavy atom. The zero-order chi connectivity index (χ0) is 23.1. The maximum atomic E-state index is 13.2. The van der Waals surface area contributed by atoms with Gasteiger partial charge in [-0.25, -0.2) is 0 Å². The van der Waals surface area contributed by atoms with Gasteiger partial charge in [-0.1, -0.05) is 71.9 Å². The SMILES string of the molecule is Cc1ccc(CSCC(=O)N(Cc2c(Cl)cccc2Cl)[C@H](C)C(=O)NC2CCCC2)cc1. The molecule has 1 aliphatic carbocycles. The van der Waals surface area contributed by atoms with E-state index < -0.39 is 6.04 Å². The second kappa shape index (κ2) is 12.0. The standard InChI is InChI=1S/C25H30Cl2N2O2S/c1-17-10-12-19(13-11-17)15-32-16-24(30)29(14-21-22(26)8-5-9-23(21)27)18(2)25(31)28-20-6-3-4-7-20/h5,8-13,18,20H,3-4,6-7,14-16H2,1-2H3,(H,28,31)/t18-/m1/s1. The van der Waals surface area contributed by atoms with Gasteiger partial charge in [-0.3, -0.25) is 9.59 Å². The smallest absolute Gasteiger partial charge is 0.242 e. The highest BCUT2D eigenvalue weighted by Crippen LogP contribution is 2.27. The molecule has 1 saturated carbocycles. The van der Waals surface area contributed by atoms with Crippen molar-refractivity contribution in [3.8, 4) is 0 Å². The number of halogens is 2. The number of amides is 2. The van der Waals surface area contributed by atoms with E-state index in [-0.39, 0.29) is 30.2 Å². The Morgan fingerprint density at radius 1 is 1.09 bits per heavy atom. The van der Waals surface area contributed by atoms with Crippen molar-refractivity contribution in [3.05, 3.63) is 69.2 Å². The van der Waals surface area contributed by atoms with Crippen molar-refractivity contribution in [3.63, 3.8) is 0 Å². The van der Waals surface area contributed by atoms with Gasteiger partial charge in [-0.15, -0.1) is 11.8 Å². The van der Waals surface area contributed by atoms with Crippen molar-refractivity contribution in [2.75, 3.05) is 5.75 Å². The molecule has 2 aromatic carbocycles. The molecule has 2 amide bonds. The maximum absolute atomic E-state index is 13.2. The number of rotatable bonds is 9.